The number of esters is 1. The molecule has 30 heavy (non-hydrogen) atoms. The molecular formula is C21H20N2O7. The fourth-order valence-electron chi connectivity index (χ4n) is 2.99. The number of rotatable bonds is 7. The molecule has 0 aliphatic carbocycles. The Morgan fingerprint density at radius 2 is 1.80 bits per heavy atom. The molecule has 0 aromatic heterocycles. The summed E-state index contributed by atoms with van der Waals surface area (Å²) < 4.78 is 9.91. The molecule has 0 bridgehead atoms. The fourth-order valence-corrected chi connectivity index (χ4v) is 2.99. The Bertz CT molecular complexity index is 1030. The van der Waals surface area contributed by atoms with Gasteiger partial charge in [-0.05, 0) is 42.3 Å². The Morgan fingerprint density at radius 1 is 1.07 bits per heavy atom. The van der Waals surface area contributed by atoms with Gasteiger partial charge in [0.05, 0.1) is 18.2 Å². The number of fused-ring (bicyclic) bond motifs is 1. The van der Waals surface area contributed by atoms with Crippen molar-refractivity contribution in [2.45, 2.75) is 12.8 Å². The lowest BCUT2D eigenvalue weighted by Gasteiger charge is -2.08. The van der Waals surface area contributed by atoms with E-state index in [1.165, 1.54) is 38.4 Å². The average Bonchev–Trinajstić information content (AvgIpc) is 2.94. The second kappa shape index (κ2) is 8.64. The fraction of sp³-hybridized carbons (Fsp3) is 0.238. The number of phenolic OH excluding ortho intramolecular Hbond substituents is 1. The highest BCUT2D eigenvalue weighted by Gasteiger charge is 2.32. The summed E-state index contributed by atoms with van der Waals surface area (Å²) >= 11 is 0. The summed E-state index contributed by atoms with van der Waals surface area (Å²) in [5.74, 6) is -1.67. The van der Waals surface area contributed by atoms with Gasteiger partial charge in [-0.25, -0.2) is 0 Å². The molecule has 2 aromatic rings. The van der Waals surface area contributed by atoms with Crippen LogP contribution in [0.5, 0.6) is 11.5 Å². The van der Waals surface area contributed by atoms with Crippen molar-refractivity contribution in [3.05, 3.63) is 53.1 Å². The number of amides is 3. The van der Waals surface area contributed by atoms with Crippen LogP contribution >= 0.6 is 0 Å². The lowest BCUT2D eigenvalue weighted by molar-refractivity contribution is -0.147. The van der Waals surface area contributed by atoms with Gasteiger partial charge in [-0.2, -0.15) is 0 Å². The maximum absolute atomic E-state index is 12.0. The van der Waals surface area contributed by atoms with E-state index in [0.29, 0.717) is 17.9 Å². The molecule has 3 rings (SSSR count). The average molecular weight is 412 g/mol. The van der Waals surface area contributed by atoms with Crippen molar-refractivity contribution in [3.8, 4) is 11.5 Å². The van der Waals surface area contributed by atoms with Crippen LogP contribution in [0.1, 0.15) is 32.7 Å². The first-order chi connectivity index (χ1) is 14.3. The number of benzene rings is 2. The largest absolute Gasteiger partial charge is 0.504 e. The summed E-state index contributed by atoms with van der Waals surface area (Å²) in [5, 5.41) is 12.3. The van der Waals surface area contributed by atoms with Crippen LogP contribution in [0.4, 0.5) is 5.69 Å². The Kier molecular flexibility index (Phi) is 6.01. The van der Waals surface area contributed by atoms with E-state index in [-0.39, 0.29) is 23.3 Å². The van der Waals surface area contributed by atoms with Crippen molar-refractivity contribution in [1.29, 1.82) is 0 Å². The molecule has 0 saturated heterocycles. The van der Waals surface area contributed by atoms with Crippen LogP contribution < -0.4 is 10.1 Å². The standard InChI is InChI=1S/C21H20N2O7/c1-23-20(27)14-6-5-13(10-15(14)21(23)28)22-18(25)11-30-19(26)8-4-12-3-7-17(29-2)16(24)9-12/h3,5-7,9-10,24H,4,8,11H2,1-2H3,(H,22,25). The molecule has 2 N–H and O–H groups in total. The normalized spacial score (nSPS) is 12.5. The monoisotopic (exact) mass is 412 g/mol. The van der Waals surface area contributed by atoms with Gasteiger partial charge >= 0.3 is 5.97 Å². The van der Waals surface area contributed by atoms with E-state index < -0.39 is 30.3 Å². The molecule has 0 spiro atoms. The van der Waals surface area contributed by atoms with Gasteiger partial charge in [-0.3, -0.25) is 24.1 Å². The first-order valence-corrected chi connectivity index (χ1v) is 9.08. The Balaban J connectivity index is 1.48. The van der Waals surface area contributed by atoms with E-state index >= 15 is 0 Å². The summed E-state index contributed by atoms with van der Waals surface area (Å²) in [6, 6.07) is 9.18. The van der Waals surface area contributed by atoms with E-state index in [9.17, 15) is 24.3 Å². The number of hydrogen-bond donors (Lipinski definition) is 2. The number of carbonyl (C=O) groups excluding carboxylic acids is 4. The van der Waals surface area contributed by atoms with Gasteiger partial charge in [-0.15, -0.1) is 0 Å². The van der Waals surface area contributed by atoms with Gasteiger partial charge in [0.15, 0.2) is 18.1 Å². The van der Waals surface area contributed by atoms with E-state index in [4.69, 9.17) is 9.47 Å². The Morgan fingerprint density at radius 3 is 2.50 bits per heavy atom. The molecule has 156 valence electrons. The third-order valence-electron chi connectivity index (χ3n) is 4.60. The van der Waals surface area contributed by atoms with Crippen LogP contribution in [-0.2, 0) is 20.7 Å². The summed E-state index contributed by atoms with van der Waals surface area (Å²) in [7, 11) is 2.82. The number of nitrogens with one attached hydrogen (secondary N) is 1. The number of imide groups is 1. The third-order valence-corrected chi connectivity index (χ3v) is 4.60. The summed E-state index contributed by atoms with van der Waals surface area (Å²) in [4.78, 5) is 48.8. The number of carbonyl (C=O) groups is 4. The SMILES string of the molecule is COc1ccc(CCC(=O)OCC(=O)Nc2ccc3c(c2)C(=O)N(C)C3=O)cc1O. The summed E-state index contributed by atoms with van der Waals surface area (Å²) in [6.07, 6.45) is 0.354. The lowest BCUT2D eigenvalue weighted by atomic mass is 10.1. The number of aromatic hydroxyl groups is 1. The molecule has 3 amide bonds. The van der Waals surface area contributed by atoms with Crippen LogP contribution in [0.3, 0.4) is 0 Å². The van der Waals surface area contributed by atoms with Gasteiger partial charge < -0.3 is 19.9 Å². The predicted octanol–water partition coefficient (Wildman–Crippen LogP) is 1.74. The van der Waals surface area contributed by atoms with Crippen molar-refractivity contribution in [1.82, 2.24) is 4.90 Å². The smallest absolute Gasteiger partial charge is 0.306 e. The minimum absolute atomic E-state index is 0.0246. The quantitative estimate of drug-likeness (QED) is 0.525. The van der Waals surface area contributed by atoms with Crippen molar-refractivity contribution in [2.24, 2.45) is 0 Å². The van der Waals surface area contributed by atoms with Gasteiger partial charge in [0.2, 0.25) is 0 Å². The van der Waals surface area contributed by atoms with Crippen LogP contribution in [0.15, 0.2) is 36.4 Å². The highest BCUT2D eigenvalue weighted by atomic mass is 16.5. The predicted molar refractivity (Wildman–Crippen MR) is 105 cm³/mol. The second-order valence-corrected chi connectivity index (χ2v) is 6.64. The van der Waals surface area contributed by atoms with Crippen LogP contribution in [0, 0.1) is 0 Å². The molecule has 1 heterocycles. The van der Waals surface area contributed by atoms with Crippen molar-refractivity contribution in [3.63, 3.8) is 0 Å². The van der Waals surface area contributed by atoms with E-state index in [1.807, 2.05) is 0 Å². The first-order valence-electron chi connectivity index (χ1n) is 9.08. The van der Waals surface area contributed by atoms with Crippen molar-refractivity contribution in [2.75, 3.05) is 26.1 Å². The van der Waals surface area contributed by atoms with Crippen LogP contribution in [0.25, 0.3) is 0 Å². The third kappa shape index (κ3) is 4.40. The number of phenols is 1. The Labute approximate surface area is 172 Å². The highest BCUT2D eigenvalue weighted by Crippen LogP contribution is 2.27. The number of aryl methyl sites for hydroxylation is 1. The van der Waals surface area contributed by atoms with Gasteiger partial charge in [0.1, 0.15) is 0 Å². The van der Waals surface area contributed by atoms with Gasteiger partial charge in [0, 0.05) is 19.2 Å². The molecule has 0 atom stereocenters. The highest BCUT2D eigenvalue weighted by molar-refractivity contribution is 6.21. The van der Waals surface area contributed by atoms with Crippen molar-refractivity contribution < 1.29 is 33.8 Å². The molecule has 9 heteroatoms. The minimum atomic E-state index is -0.574. The molecular weight excluding hydrogens is 392 g/mol. The molecule has 9 nitrogen and oxygen atoms in total. The Hall–Kier alpha value is -3.88. The van der Waals surface area contributed by atoms with E-state index in [2.05, 4.69) is 5.32 Å². The van der Waals surface area contributed by atoms with E-state index in [0.717, 1.165) is 10.5 Å². The molecule has 2 aromatic carbocycles. The number of methoxy groups -OCH3 is 1. The van der Waals surface area contributed by atoms with Crippen molar-refractivity contribution >= 4 is 29.4 Å². The summed E-state index contributed by atoms with van der Waals surface area (Å²) in [5.41, 5.74) is 1.52. The zero-order chi connectivity index (χ0) is 21.8. The molecule has 0 radical (unpaired) electrons. The second-order valence-electron chi connectivity index (χ2n) is 6.64. The number of anilines is 1. The molecule has 1 aliphatic rings. The number of hydrogen-bond acceptors (Lipinski definition) is 7. The van der Waals surface area contributed by atoms with E-state index in [1.54, 1.807) is 12.1 Å². The minimum Gasteiger partial charge on any atom is -0.504 e. The molecule has 0 unspecified atom stereocenters. The summed E-state index contributed by atoms with van der Waals surface area (Å²) in [6.45, 7) is -0.490. The zero-order valence-corrected chi connectivity index (χ0v) is 16.4. The molecule has 0 fully saturated rings. The van der Waals surface area contributed by atoms with Crippen LogP contribution in [0.2, 0.25) is 0 Å². The first kappa shape index (κ1) is 20.8. The zero-order valence-electron chi connectivity index (χ0n) is 16.4. The maximum atomic E-state index is 12.0. The van der Waals surface area contributed by atoms with Gasteiger partial charge in [-0.1, -0.05) is 6.07 Å². The number of ether oxygens (including phenoxy) is 2. The topological polar surface area (TPSA) is 122 Å². The van der Waals surface area contributed by atoms with Crippen LogP contribution in [-0.4, -0.2) is 54.5 Å². The number of nitrogens with zero attached hydrogens (tertiary/aromatic N) is 1. The molecule has 0 saturated carbocycles. The maximum Gasteiger partial charge on any atom is 0.306 e. The molecule has 1 aliphatic heterocycles. The lowest BCUT2D eigenvalue weighted by Crippen LogP contribution is -2.24. The van der Waals surface area contributed by atoms with Gasteiger partial charge in [0.25, 0.3) is 17.7 Å².